The molecule has 1 spiro atoms. The van der Waals surface area contributed by atoms with Crippen molar-refractivity contribution < 1.29 is 9.53 Å². The molecule has 2 saturated heterocycles. The van der Waals surface area contributed by atoms with E-state index in [1.807, 2.05) is 17.0 Å². The second kappa shape index (κ2) is 6.45. The molecule has 2 aliphatic heterocycles. The first-order valence-corrected chi connectivity index (χ1v) is 9.16. The molecule has 0 bridgehead atoms. The third kappa shape index (κ3) is 3.20. The highest BCUT2D eigenvalue weighted by atomic mass is 16.5. The molecular weight excluding hydrogens is 302 g/mol. The third-order valence-electron chi connectivity index (χ3n) is 5.90. The molecule has 24 heavy (non-hydrogen) atoms. The molecule has 5 heteroatoms. The van der Waals surface area contributed by atoms with Crippen LogP contribution in [0, 0.1) is 11.8 Å². The molecule has 1 aromatic heterocycles. The number of carbonyl (C=O) groups excluding carboxylic acids is 1. The van der Waals surface area contributed by atoms with E-state index in [0.29, 0.717) is 11.6 Å². The lowest BCUT2D eigenvalue weighted by Crippen LogP contribution is -2.72. The molecule has 5 nitrogen and oxygen atoms in total. The van der Waals surface area contributed by atoms with Crippen LogP contribution in [0.5, 0.6) is 0 Å². The van der Waals surface area contributed by atoms with Gasteiger partial charge >= 0.3 is 0 Å². The lowest BCUT2D eigenvalue weighted by atomic mass is 9.75. The van der Waals surface area contributed by atoms with Crippen molar-refractivity contribution in [1.29, 1.82) is 0 Å². The Balaban J connectivity index is 1.32. The van der Waals surface area contributed by atoms with Gasteiger partial charge in [0, 0.05) is 32.5 Å². The van der Waals surface area contributed by atoms with Crippen LogP contribution in [-0.4, -0.2) is 66.1 Å². The number of carbonyl (C=O) groups is 1. The summed E-state index contributed by atoms with van der Waals surface area (Å²) in [4.78, 5) is 21.1. The summed E-state index contributed by atoms with van der Waals surface area (Å²) in [5.74, 6) is 1.52. The molecule has 1 amide bonds. The van der Waals surface area contributed by atoms with Gasteiger partial charge in [0.15, 0.2) is 0 Å². The maximum absolute atomic E-state index is 12.5. The molecule has 3 fully saturated rings. The largest absolute Gasteiger partial charge is 0.381 e. The number of rotatable bonds is 5. The van der Waals surface area contributed by atoms with Crippen molar-refractivity contribution in [3.8, 4) is 0 Å². The Hall–Kier alpha value is -1.46. The normalized spacial score (nSPS) is 26.4. The minimum Gasteiger partial charge on any atom is -0.381 e. The molecule has 0 N–H and O–H groups in total. The number of hydrogen-bond acceptors (Lipinski definition) is 4. The number of likely N-dealkylation sites (N-methyl/N-ethyl adjacent to an activating group) is 1. The first kappa shape index (κ1) is 16.0. The Morgan fingerprint density at radius 3 is 2.75 bits per heavy atom. The van der Waals surface area contributed by atoms with Gasteiger partial charge in [-0.15, -0.1) is 0 Å². The summed E-state index contributed by atoms with van der Waals surface area (Å²) in [5, 5.41) is 0. The van der Waals surface area contributed by atoms with Gasteiger partial charge in [-0.1, -0.05) is 6.07 Å². The Kier molecular flexibility index (Phi) is 4.31. The third-order valence-corrected chi connectivity index (χ3v) is 5.90. The SMILES string of the molecule is CN1CCC(COCC2CC2)CC12CN(C(=O)c1ccccn1)C2. The van der Waals surface area contributed by atoms with Gasteiger partial charge in [0.25, 0.3) is 5.91 Å². The monoisotopic (exact) mass is 329 g/mol. The van der Waals surface area contributed by atoms with E-state index >= 15 is 0 Å². The van der Waals surface area contributed by atoms with Crippen LogP contribution in [0.4, 0.5) is 0 Å². The van der Waals surface area contributed by atoms with Crippen molar-refractivity contribution in [2.45, 2.75) is 31.2 Å². The number of pyridine rings is 1. The van der Waals surface area contributed by atoms with E-state index in [-0.39, 0.29) is 11.4 Å². The van der Waals surface area contributed by atoms with Gasteiger partial charge in [0.2, 0.25) is 0 Å². The van der Waals surface area contributed by atoms with E-state index in [2.05, 4.69) is 16.9 Å². The molecule has 1 aromatic rings. The Labute approximate surface area is 144 Å². The molecule has 0 radical (unpaired) electrons. The maximum Gasteiger partial charge on any atom is 0.272 e. The van der Waals surface area contributed by atoms with Gasteiger partial charge < -0.3 is 9.64 Å². The molecule has 1 aliphatic carbocycles. The van der Waals surface area contributed by atoms with Crippen molar-refractivity contribution in [1.82, 2.24) is 14.8 Å². The van der Waals surface area contributed by atoms with E-state index in [1.165, 1.54) is 19.3 Å². The summed E-state index contributed by atoms with van der Waals surface area (Å²) in [6.07, 6.45) is 6.73. The van der Waals surface area contributed by atoms with Crippen LogP contribution < -0.4 is 0 Å². The standard InChI is InChI=1S/C19H27N3O2/c1-21-9-7-16(12-24-11-15-5-6-15)10-19(21)13-22(14-19)18(23)17-4-2-3-8-20-17/h2-4,8,15-16H,5-7,9-14H2,1H3. The number of ether oxygens (including phenoxy) is 1. The average molecular weight is 329 g/mol. The number of likely N-dealkylation sites (tertiary alicyclic amines) is 2. The van der Waals surface area contributed by atoms with E-state index in [9.17, 15) is 4.79 Å². The number of nitrogens with zero attached hydrogens (tertiary/aromatic N) is 3. The Morgan fingerprint density at radius 1 is 1.25 bits per heavy atom. The molecular formula is C19H27N3O2. The number of piperidine rings is 1. The van der Waals surface area contributed by atoms with Crippen LogP contribution in [0.15, 0.2) is 24.4 Å². The number of aromatic nitrogens is 1. The fourth-order valence-corrected chi connectivity index (χ4v) is 4.07. The van der Waals surface area contributed by atoms with Crippen molar-refractivity contribution >= 4 is 5.91 Å². The molecule has 1 unspecified atom stereocenters. The molecule has 130 valence electrons. The van der Waals surface area contributed by atoms with Gasteiger partial charge in [-0.25, -0.2) is 0 Å². The Bertz CT molecular complexity index is 582. The Morgan fingerprint density at radius 2 is 2.04 bits per heavy atom. The molecule has 1 saturated carbocycles. The van der Waals surface area contributed by atoms with Gasteiger partial charge in [-0.3, -0.25) is 14.7 Å². The quantitative estimate of drug-likeness (QED) is 0.829. The second-order valence-corrected chi connectivity index (χ2v) is 7.86. The minimum atomic E-state index is 0.0572. The van der Waals surface area contributed by atoms with E-state index < -0.39 is 0 Å². The van der Waals surface area contributed by atoms with Crippen molar-refractivity contribution in [3.63, 3.8) is 0 Å². The van der Waals surface area contributed by atoms with Crippen LogP contribution in [0.25, 0.3) is 0 Å². The first-order valence-electron chi connectivity index (χ1n) is 9.16. The lowest BCUT2D eigenvalue weighted by Gasteiger charge is -2.58. The second-order valence-electron chi connectivity index (χ2n) is 7.86. The smallest absolute Gasteiger partial charge is 0.272 e. The van der Waals surface area contributed by atoms with Crippen molar-refractivity contribution in [2.75, 3.05) is 39.9 Å². The fraction of sp³-hybridized carbons (Fsp3) is 0.684. The average Bonchev–Trinajstić information content (AvgIpc) is 3.39. The number of hydrogen-bond donors (Lipinski definition) is 0. The highest BCUT2D eigenvalue weighted by Crippen LogP contribution is 2.39. The van der Waals surface area contributed by atoms with E-state index in [4.69, 9.17) is 4.74 Å². The molecule has 0 aromatic carbocycles. The van der Waals surface area contributed by atoms with E-state index in [1.54, 1.807) is 12.3 Å². The summed E-state index contributed by atoms with van der Waals surface area (Å²) in [7, 11) is 2.20. The molecule has 3 aliphatic rings. The summed E-state index contributed by atoms with van der Waals surface area (Å²) in [6.45, 7) is 4.57. The van der Waals surface area contributed by atoms with Gasteiger partial charge in [0.1, 0.15) is 5.69 Å². The minimum absolute atomic E-state index is 0.0572. The summed E-state index contributed by atoms with van der Waals surface area (Å²) < 4.78 is 5.93. The lowest BCUT2D eigenvalue weighted by molar-refractivity contribution is -0.0763. The van der Waals surface area contributed by atoms with Crippen molar-refractivity contribution in [3.05, 3.63) is 30.1 Å². The summed E-state index contributed by atoms with van der Waals surface area (Å²) >= 11 is 0. The molecule has 1 atom stereocenters. The molecule has 4 rings (SSSR count). The van der Waals surface area contributed by atoms with Gasteiger partial charge in [-0.2, -0.15) is 0 Å². The zero-order chi connectivity index (χ0) is 16.6. The highest BCUT2D eigenvalue weighted by molar-refractivity contribution is 5.93. The summed E-state index contributed by atoms with van der Waals surface area (Å²) in [5.41, 5.74) is 0.700. The van der Waals surface area contributed by atoms with Crippen LogP contribution in [0.3, 0.4) is 0 Å². The summed E-state index contributed by atoms with van der Waals surface area (Å²) in [6, 6.07) is 5.51. The predicted octanol–water partition coefficient (Wildman–Crippen LogP) is 2.04. The van der Waals surface area contributed by atoms with Crippen LogP contribution in [-0.2, 0) is 4.74 Å². The maximum atomic E-state index is 12.5. The van der Waals surface area contributed by atoms with E-state index in [0.717, 1.165) is 45.2 Å². The van der Waals surface area contributed by atoms with Crippen LogP contribution in [0.2, 0.25) is 0 Å². The number of amides is 1. The van der Waals surface area contributed by atoms with Crippen LogP contribution >= 0.6 is 0 Å². The van der Waals surface area contributed by atoms with Crippen LogP contribution in [0.1, 0.15) is 36.2 Å². The molecule has 3 heterocycles. The van der Waals surface area contributed by atoms with Gasteiger partial charge in [0.05, 0.1) is 5.54 Å². The topological polar surface area (TPSA) is 45.7 Å². The predicted molar refractivity (Wildman–Crippen MR) is 91.8 cm³/mol. The zero-order valence-electron chi connectivity index (χ0n) is 14.5. The first-order chi connectivity index (χ1) is 11.7. The van der Waals surface area contributed by atoms with Crippen molar-refractivity contribution in [2.24, 2.45) is 11.8 Å². The highest BCUT2D eigenvalue weighted by Gasteiger charge is 2.51. The van der Waals surface area contributed by atoms with Gasteiger partial charge in [-0.05, 0) is 63.2 Å². The zero-order valence-corrected chi connectivity index (χ0v) is 14.5. The fourth-order valence-electron chi connectivity index (χ4n) is 4.07.